The molecule has 0 aliphatic carbocycles. The molecule has 0 saturated carbocycles. The van der Waals surface area contributed by atoms with Crippen molar-refractivity contribution in [2.75, 3.05) is 0 Å². The molecule has 0 spiro atoms. The minimum Gasteiger partial charge on any atom is -0.326 e. The molecule has 3 heterocycles. The van der Waals surface area contributed by atoms with Gasteiger partial charge in [0.25, 0.3) is 0 Å². The lowest BCUT2D eigenvalue weighted by Crippen LogP contribution is -2.44. The first-order chi connectivity index (χ1) is 10.9. The Morgan fingerprint density at radius 1 is 1.04 bits per heavy atom. The van der Waals surface area contributed by atoms with Crippen LogP contribution in [-0.2, 0) is 21.1 Å². The van der Waals surface area contributed by atoms with Crippen molar-refractivity contribution in [1.82, 2.24) is 14.2 Å². The van der Waals surface area contributed by atoms with Crippen LogP contribution in [0.3, 0.4) is 0 Å². The molecule has 0 amide bonds. The molecular weight excluding hydrogens is 286 g/mol. The van der Waals surface area contributed by atoms with Crippen LogP contribution in [0, 0.1) is 6.92 Å². The highest BCUT2D eigenvalue weighted by molar-refractivity contribution is 5.56. The summed E-state index contributed by atoms with van der Waals surface area (Å²) >= 11 is 0. The van der Waals surface area contributed by atoms with Gasteiger partial charge in [-0.15, -0.1) is 9.36 Å². The van der Waals surface area contributed by atoms with E-state index in [9.17, 15) is 0 Å². The molecule has 0 aliphatic heterocycles. The fourth-order valence-electron chi connectivity index (χ4n) is 3.09. The largest absolute Gasteiger partial charge is 0.326 e. The summed E-state index contributed by atoms with van der Waals surface area (Å²) in [6, 6.07) is 9.02. The van der Waals surface area contributed by atoms with Gasteiger partial charge in [-0.05, 0) is 26.8 Å². The summed E-state index contributed by atoms with van der Waals surface area (Å²) in [7, 11) is 6.27. The van der Waals surface area contributed by atoms with Crippen LogP contribution >= 0.6 is 0 Å². The predicted molar refractivity (Wildman–Crippen MR) is 89.5 cm³/mol. The summed E-state index contributed by atoms with van der Waals surface area (Å²) in [6.07, 6.45) is 4.08. The van der Waals surface area contributed by atoms with E-state index in [0.717, 1.165) is 17.2 Å². The van der Waals surface area contributed by atoms with Crippen LogP contribution in [0.1, 0.15) is 25.7 Å². The standard InChI is InChI=1S/C18H25N5/c1-13(2)23-11-10-17(22(23)6)15-8-7-9-16(21(15)5)18-12-19-14(3)20(18)4/h7-13H,1-6H3/q+2. The van der Waals surface area contributed by atoms with Crippen LogP contribution in [0.25, 0.3) is 22.8 Å². The Morgan fingerprint density at radius 3 is 2.22 bits per heavy atom. The van der Waals surface area contributed by atoms with Crippen LogP contribution in [0.5, 0.6) is 0 Å². The average molecular weight is 311 g/mol. The van der Waals surface area contributed by atoms with Gasteiger partial charge in [-0.3, -0.25) is 0 Å². The molecule has 0 aromatic carbocycles. The zero-order valence-corrected chi connectivity index (χ0v) is 14.8. The summed E-state index contributed by atoms with van der Waals surface area (Å²) in [6.45, 7) is 6.41. The number of aryl methyl sites for hydroxylation is 1. The quantitative estimate of drug-likeness (QED) is 0.681. The topological polar surface area (TPSA) is 30.5 Å². The second kappa shape index (κ2) is 5.65. The number of rotatable bonds is 3. The van der Waals surface area contributed by atoms with Gasteiger partial charge in [-0.1, -0.05) is 0 Å². The van der Waals surface area contributed by atoms with Gasteiger partial charge in [-0.2, -0.15) is 4.57 Å². The summed E-state index contributed by atoms with van der Waals surface area (Å²) in [5, 5.41) is 0. The summed E-state index contributed by atoms with van der Waals surface area (Å²) in [5.41, 5.74) is 4.66. The monoisotopic (exact) mass is 311 g/mol. The minimum absolute atomic E-state index is 0.432. The highest BCUT2D eigenvalue weighted by Crippen LogP contribution is 2.20. The minimum atomic E-state index is 0.432. The Kier molecular flexibility index (Phi) is 3.80. The van der Waals surface area contributed by atoms with Crippen LogP contribution in [-0.4, -0.2) is 14.2 Å². The highest BCUT2D eigenvalue weighted by atomic mass is 15.4. The first-order valence-electron chi connectivity index (χ1n) is 7.97. The first-order valence-corrected chi connectivity index (χ1v) is 7.97. The van der Waals surface area contributed by atoms with Crippen LogP contribution in [0.15, 0.2) is 36.7 Å². The zero-order chi connectivity index (χ0) is 16.7. The van der Waals surface area contributed by atoms with Gasteiger partial charge in [-0.25, -0.2) is 4.98 Å². The summed E-state index contributed by atoms with van der Waals surface area (Å²) in [5.74, 6) is 1.02. The lowest BCUT2D eigenvalue weighted by Gasteiger charge is -2.07. The van der Waals surface area contributed by atoms with Gasteiger partial charge in [0.1, 0.15) is 18.6 Å². The van der Waals surface area contributed by atoms with Crippen LogP contribution in [0.4, 0.5) is 0 Å². The van der Waals surface area contributed by atoms with Crippen LogP contribution < -0.4 is 9.25 Å². The van der Waals surface area contributed by atoms with Crippen molar-refractivity contribution < 1.29 is 9.25 Å². The molecule has 0 unspecified atom stereocenters. The smallest absolute Gasteiger partial charge is 0.235 e. The fourth-order valence-corrected chi connectivity index (χ4v) is 3.09. The van der Waals surface area contributed by atoms with Gasteiger partial charge < -0.3 is 4.57 Å². The molecule has 0 N–H and O–H groups in total. The molecule has 0 atom stereocenters. The van der Waals surface area contributed by atoms with E-state index in [2.05, 4.69) is 88.9 Å². The number of hydrogen-bond donors (Lipinski definition) is 0. The van der Waals surface area contributed by atoms with E-state index in [0.29, 0.717) is 6.04 Å². The second-order valence-corrected chi connectivity index (χ2v) is 6.30. The Bertz CT molecular complexity index is 854. The summed E-state index contributed by atoms with van der Waals surface area (Å²) in [4.78, 5) is 4.42. The maximum Gasteiger partial charge on any atom is 0.235 e. The van der Waals surface area contributed by atoms with E-state index >= 15 is 0 Å². The maximum absolute atomic E-state index is 4.42. The molecular formula is C18H25N5+2. The van der Waals surface area contributed by atoms with E-state index < -0.39 is 0 Å². The van der Waals surface area contributed by atoms with Crippen molar-refractivity contribution in [3.63, 3.8) is 0 Å². The second-order valence-electron chi connectivity index (χ2n) is 6.30. The van der Waals surface area contributed by atoms with Crippen molar-refractivity contribution in [1.29, 1.82) is 0 Å². The molecule has 5 heteroatoms. The Labute approximate surface area is 137 Å². The van der Waals surface area contributed by atoms with Crippen molar-refractivity contribution in [2.45, 2.75) is 26.8 Å². The van der Waals surface area contributed by atoms with E-state index in [1.807, 2.05) is 13.1 Å². The summed E-state index contributed by atoms with van der Waals surface area (Å²) < 4.78 is 8.79. The predicted octanol–water partition coefficient (Wildman–Crippen LogP) is 2.09. The normalized spacial score (nSPS) is 11.4. The molecule has 0 saturated heterocycles. The third-order valence-electron chi connectivity index (χ3n) is 4.59. The number of imidazole rings is 1. The average Bonchev–Trinajstić information content (AvgIpc) is 3.04. The van der Waals surface area contributed by atoms with E-state index in [1.54, 1.807) is 0 Å². The number of aromatic nitrogens is 5. The first kappa shape index (κ1) is 15.5. The number of pyridine rings is 1. The van der Waals surface area contributed by atoms with Gasteiger partial charge in [0.2, 0.25) is 11.4 Å². The molecule has 3 aromatic rings. The van der Waals surface area contributed by atoms with Gasteiger partial charge in [0.05, 0.1) is 13.2 Å². The highest BCUT2D eigenvalue weighted by Gasteiger charge is 2.24. The molecule has 3 rings (SSSR count). The molecule has 0 radical (unpaired) electrons. The lowest BCUT2D eigenvalue weighted by molar-refractivity contribution is -0.789. The number of nitrogens with zero attached hydrogens (tertiary/aromatic N) is 5. The Morgan fingerprint density at radius 2 is 1.70 bits per heavy atom. The van der Waals surface area contributed by atoms with Gasteiger partial charge in [0, 0.05) is 25.2 Å². The van der Waals surface area contributed by atoms with Crippen molar-refractivity contribution in [3.05, 3.63) is 42.5 Å². The van der Waals surface area contributed by atoms with Gasteiger partial charge in [0.15, 0.2) is 17.9 Å². The van der Waals surface area contributed by atoms with Crippen molar-refractivity contribution >= 4 is 0 Å². The Hall–Kier alpha value is -2.43. The molecule has 0 fully saturated rings. The molecule has 5 nitrogen and oxygen atoms in total. The molecule has 0 aliphatic rings. The van der Waals surface area contributed by atoms with E-state index in [-0.39, 0.29) is 0 Å². The third kappa shape index (κ3) is 2.46. The molecule has 0 bridgehead atoms. The third-order valence-corrected chi connectivity index (χ3v) is 4.59. The molecule has 120 valence electrons. The van der Waals surface area contributed by atoms with E-state index in [4.69, 9.17) is 0 Å². The lowest BCUT2D eigenvalue weighted by atomic mass is 10.2. The van der Waals surface area contributed by atoms with Gasteiger partial charge >= 0.3 is 0 Å². The molecule has 23 heavy (non-hydrogen) atoms. The zero-order valence-electron chi connectivity index (χ0n) is 14.8. The van der Waals surface area contributed by atoms with Crippen molar-refractivity contribution in [2.24, 2.45) is 21.1 Å². The molecule has 3 aromatic heterocycles. The van der Waals surface area contributed by atoms with Crippen molar-refractivity contribution in [3.8, 4) is 22.8 Å². The fraction of sp³-hybridized carbons (Fsp3) is 0.389. The maximum atomic E-state index is 4.42. The Balaban J connectivity index is 2.16. The van der Waals surface area contributed by atoms with E-state index in [1.165, 1.54) is 11.4 Å². The van der Waals surface area contributed by atoms with Crippen LogP contribution in [0.2, 0.25) is 0 Å². The SMILES string of the molecule is Cc1ncc(-c2cccc(-c3cc[n+](C(C)C)n3C)[n+]2C)n1C. The number of hydrogen-bond acceptors (Lipinski definition) is 1.